The Labute approximate surface area is 148 Å². The summed E-state index contributed by atoms with van der Waals surface area (Å²) < 4.78 is 0. The fourth-order valence-corrected chi connectivity index (χ4v) is 3.23. The van der Waals surface area contributed by atoms with E-state index in [0.29, 0.717) is 10.5 Å². The predicted molar refractivity (Wildman–Crippen MR) is 98.8 cm³/mol. The summed E-state index contributed by atoms with van der Waals surface area (Å²) in [4.78, 5) is 29.4. The van der Waals surface area contributed by atoms with Crippen molar-refractivity contribution in [1.29, 1.82) is 0 Å². The number of amides is 1. The largest absolute Gasteiger partial charge is 0.339 e. The van der Waals surface area contributed by atoms with Crippen molar-refractivity contribution in [3.8, 4) is 11.1 Å². The van der Waals surface area contributed by atoms with Gasteiger partial charge in [0.1, 0.15) is 0 Å². The smallest absolute Gasteiger partial charge is 0.285 e. The van der Waals surface area contributed by atoms with Crippen LogP contribution in [0.1, 0.15) is 0 Å². The van der Waals surface area contributed by atoms with Crippen molar-refractivity contribution in [3.63, 3.8) is 0 Å². The number of hydrogen-bond donors (Lipinski definition) is 0. The molecule has 0 unspecified atom stereocenters. The van der Waals surface area contributed by atoms with Gasteiger partial charge in [-0.1, -0.05) is 18.2 Å². The number of para-hydroxylation sites is 1. The first-order valence-corrected chi connectivity index (χ1v) is 8.30. The molecule has 25 heavy (non-hydrogen) atoms. The quantitative estimate of drug-likeness (QED) is 0.391. The summed E-state index contributed by atoms with van der Waals surface area (Å²) in [7, 11) is 3.34. The Bertz CT molecular complexity index is 967. The van der Waals surface area contributed by atoms with Crippen molar-refractivity contribution in [3.05, 3.63) is 64.8 Å². The standard InChI is InChI=1S/C18H15N3O3S/c1-20(2)18(22)25-17-8-7-12(21(23)24)11-15(17)13-9-10-19-16-6-4-3-5-14(13)16/h3-11H,1-2H3. The summed E-state index contributed by atoms with van der Waals surface area (Å²) >= 11 is 1.05. The highest BCUT2D eigenvalue weighted by Crippen LogP contribution is 2.38. The van der Waals surface area contributed by atoms with Gasteiger partial charge in [0.05, 0.1) is 10.4 Å². The highest BCUT2D eigenvalue weighted by atomic mass is 32.2. The molecule has 0 aliphatic rings. The lowest BCUT2D eigenvalue weighted by Crippen LogP contribution is -2.16. The molecule has 0 saturated carbocycles. The predicted octanol–water partition coefficient (Wildman–Crippen LogP) is 4.58. The Morgan fingerprint density at radius 2 is 1.88 bits per heavy atom. The maximum absolute atomic E-state index is 12.1. The molecule has 3 aromatic rings. The number of aromatic nitrogens is 1. The number of nitro benzene ring substituents is 1. The number of nitro groups is 1. The molecule has 2 aromatic carbocycles. The van der Waals surface area contributed by atoms with E-state index in [1.54, 1.807) is 26.4 Å². The van der Waals surface area contributed by atoms with E-state index < -0.39 is 4.92 Å². The van der Waals surface area contributed by atoms with E-state index in [4.69, 9.17) is 0 Å². The van der Waals surface area contributed by atoms with E-state index in [1.165, 1.54) is 17.0 Å². The average molecular weight is 353 g/mol. The molecule has 1 aromatic heterocycles. The summed E-state index contributed by atoms with van der Waals surface area (Å²) in [6, 6.07) is 13.9. The number of fused-ring (bicyclic) bond motifs is 1. The van der Waals surface area contributed by atoms with E-state index in [9.17, 15) is 14.9 Å². The maximum atomic E-state index is 12.1. The van der Waals surface area contributed by atoms with Gasteiger partial charge in [0.15, 0.2) is 0 Å². The highest BCUT2D eigenvalue weighted by Gasteiger charge is 2.18. The van der Waals surface area contributed by atoms with Crippen molar-refractivity contribution >= 4 is 33.6 Å². The number of rotatable bonds is 3. The van der Waals surface area contributed by atoms with E-state index in [-0.39, 0.29) is 10.9 Å². The van der Waals surface area contributed by atoms with E-state index in [1.807, 2.05) is 30.3 Å². The van der Waals surface area contributed by atoms with Gasteiger partial charge in [-0.05, 0) is 35.5 Å². The number of carbonyl (C=O) groups is 1. The number of carbonyl (C=O) groups excluding carboxylic acids is 1. The zero-order valence-corrected chi connectivity index (χ0v) is 14.5. The molecular weight excluding hydrogens is 338 g/mol. The number of hydrogen-bond acceptors (Lipinski definition) is 5. The summed E-state index contributed by atoms with van der Waals surface area (Å²) in [6.07, 6.45) is 1.67. The van der Waals surface area contributed by atoms with Crippen molar-refractivity contribution in [2.45, 2.75) is 4.90 Å². The molecule has 0 aliphatic heterocycles. The lowest BCUT2D eigenvalue weighted by Gasteiger charge is -2.13. The topological polar surface area (TPSA) is 76.3 Å². The fourth-order valence-electron chi connectivity index (χ4n) is 2.45. The van der Waals surface area contributed by atoms with Gasteiger partial charge in [-0.3, -0.25) is 19.9 Å². The second kappa shape index (κ2) is 6.90. The Hall–Kier alpha value is -2.93. The zero-order valence-electron chi connectivity index (χ0n) is 13.7. The molecule has 0 bridgehead atoms. The van der Waals surface area contributed by atoms with Crippen LogP contribution in [0.25, 0.3) is 22.0 Å². The molecule has 0 atom stereocenters. The van der Waals surface area contributed by atoms with Crippen LogP contribution in [-0.4, -0.2) is 34.1 Å². The monoisotopic (exact) mass is 353 g/mol. The van der Waals surface area contributed by atoms with Crippen LogP contribution >= 0.6 is 11.8 Å². The summed E-state index contributed by atoms with van der Waals surface area (Å²) in [5.74, 6) is 0. The number of non-ortho nitro benzene ring substituents is 1. The van der Waals surface area contributed by atoms with Gasteiger partial charge in [0, 0.05) is 48.3 Å². The highest BCUT2D eigenvalue weighted by molar-refractivity contribution is 8.13. The normalized spacial score (nSPS) is 10.6. The number of nitrogens with zero attached hydrogens (tertiary/aromatic N) is 3. The SMILES string of the molecule is CN(C)C(=O)Sc1ccc([N+](=O)[O-])cc1-c1ccnc2ccccc12. The molecule has 1 amide bonds. The lowest BCUT2D eigenvalue weighted by molar-refractivity contribution is -0.384. The van der Waals surface area contributed by atoms with Crippen LogP contribution in [0, 0.1) is 10.1 Å². The first-order chi connectivity index (χ1) is 12.0. The minimum absolute atomic E-state index is 0.0162. The first kappa shape index (κ1) is 16.9. The second-order valence-corrected chi connectivity index (χ2v) is 6.57. The number of pyridine rings is 1. The minimum Gasteiger partial charge on any atom is -0.339 e. The van der Waals surface area contributed by atoms with Gasteiger partial charge in [-0.25, -0.2) is 0 Å². The van der Waals surface area contributed by atoms with Gasteiger partial charge in [-0.2, -0.15) is 0 Å². The van der Waals surface area contributed by atoms with Crippen molar-refractivity contribution in [1.82, 2.24) is 9.88 Å². The van der Waals surface area contributed by atoms with Crippen LogP contribution in [-0.2, 0) is 0 Å². The van der Waals surface area contributed by atoms with Gasteiger partial charge in [-0.15, -0.1) is 0 Å². The molecule has 6 nitrogen and oxygen atoms in total. The van der Waals surface area contributed by atoms with E-state index in [2.05, 4.69) is 4.98 Å². The molecule has 126 valence electrons. The van der Waals surface area contributed by atoms with Crippen LogP contribution < -0.4 is 0 Å². The maximum Gasteiger partial charge on any atom is 0.285 e. The molecular formula is C18H15N3O3S. The number of thioether (sulfide) groups is 1. The van der Waals surface area contributed by atoms with Crippen LogP contribution in [0.4, 0.5) is 10.5 Å². The third kappa shape index (κ3) is 3.46. The van der Waals surface area contributed by atoms with E-state index >= 15 is 0 Å². The van der Waals surface area contributed by atoms with E-state index in [0.717, 1.165) is 28.2 Å². The van der Waals surface area contributed by atoms with Gasteiger partial charge < -0.3 is 4.90 Å². The molecule has 0 fully saturated rings. The summed E-state index contributed by atoms with van der Waals surface area (Å²) in [6.45, 7) is 0. The minimum atomic E-state index is -0.435. The van der Waals surface area contributed by atoms with Crippen molar-refractivity contribution < 1.29 is 9.72 Å². The molecule has 3 rings (SSSR count). The zero-order chi connectivity index (χ0) is 18.0. The Balaban J connectivity index is 2.22. The van der Waals surface area contributed by atoms with Crippen LogP contribution in [0.3, 0.4) is 0 Å². The number of benzene rings is 2. The van der Waals surface area contributed by atoms with Crippen molar-refractivity contribution in [2.24, 2.45) is 0 Å². The fraction of sp³-hybridized carbons (Fsp3) is 0.111. The van der Waals surface area contributed by atoms with Gasteiger partial charge in [0.2, 0.25) is 0 Å². The first-order valence-electron chi connectivity index (χ1n) is 7.49. The third-order valence-electron chi connectivity index (χ3n) is 3.68. The van der Waals surface area contributed by atoms with Crippen LogP contribution in [0.2, 0.25) is 0 Å². The van der Waals surface area contributed by atoms with Gasteiger partial charge >= 0.3 is 0 Å². The van der Waals surface area contributed by atoms with Crippen LogP contribution in [0.5, 0.6) is 0 Å². The van der Waals surface area contributed by atoms with Crippen molar-refractivity contribution in [2.75, 3.05) is 14.1 Å². The molecule has 1 heterocycles. The third-order valence-corrected chi connectivity index (χ3v) is 4.79. The second-order valence-electron chi connectivity index (χ2n) is 5.58. The Kier molecular flexibility index (Phi) is 4.67. The molecule has 0 radical (unpaired) electrons. The molecule has 7 heteroatoms. The summed E-state index contributed by atoms with van der Waals surface area (Å²) in [5, 5.41) is 11.9. The summed E-state index contributed by atoms with van der Waals surface area (Å²) in [5.41, 5.74) is 2.23. The Morgan fingerprint density at radius 1 is 1.12 bits per heavy atom. The average Bonchev–Trinajstić information content (AvgIpc) is 2.61. The molecule has 0 saturated heterocycles. The van der Waals surface area contributed by atoms with Crippen LogP contribution in [0.15, 0.2) is 59.6 Å². The van der Waals surface area contributed by atoms with Gasteiger partial charge in [0.25, 0.3) is 10.9 Å². The lowest BCUT2D eigenvalue weighted by atomic mass is 10.0. The molecule has 0 aliphatic carbocycles. The Morgan fingerprint density at radius 3 is 2.60 bits per heavy atom. The molecule has 0 spiro atoms. The molecule has 0 N–H and O–H groups in total.